The number of benzene rings is 2. The van der Waals surface area contributed by atoms with Gasteiger partial charge in [-0.25, -0.2) is 9.97 Å². The summed E-state index contributed by atoms with van der Waals surface area (Å²) in [5, 5.41) is 5.83. The molecule has 3 rings (SSSR count). The van der Waals surface area contributed by atoms with Crippen molar-refractivity contribution < 1.29 is 19.0 Å². The number of nitrogens with one attached hydrogen (secondary N) is 2. The van der Waals surface area contributed by atoms with Crippen LogP contribution >= 0.6 is 0 Å². The molecular weight excluding hydrogens is 360 g/mol. The Hall–Kier alpha value is -3.81. The van der Waals surface area contributed by atoms with E-state index >= 15 is 0 Å². The number of ether oxygens (including phenoxy) is 3. The number of carbonyl (C=O) groups excluding carboxylic acids is 1. The molecule has 0 radical (unpaired) electrons. The molecule has 0 bridgehead atoms. The van der Waals surface area contributed by atoms with Gasteiger partial charge in [-0.3, -0.25) is 4.79 Å². The van der Waals surface area contributed by atoms with Gasteiger partial charge in [0.2, 0.25) is 5.95 Å². The summed E-state index contributed by atoms with van der Waals surface area (Å²) in [7, 11) is 4.72. The van der Waals surface area contributed by atoms with Gasteiger partial charge < -0.3 is 24.8 Å². The number of anilines is 3. The van der Waals surface area contributed by atoms with Gasteiger partial charge in [-0.2, -0.15) is 0 Å². The van der Waals surface area contributed by atoms with Crippen LogP contribution in [0, 0.1) is 0 Å². The first-order valence-corrected chi connectivity index (χ1v) is 8.39. The Kier molecular flexibility index (Phi) is 5.91. The van der Waals surface area contributed by atoms with Gasteiger partial charge in [0.05, 0.1) is 32.6 Å². The highest BCUT2D eigenvalue weighted by molar-refractivity contribution is 6.04. The first kappa shape index (κ1) is 19.0. The van der Waals surface area contributed by atoms with Crippen LogP contribution in [0.15, 0.2) is 54.9 Å². The number of methoxy groups -OCH3 is 3. The number of hydrogen-bond donors (Lipinski definition) is 2. The molecule has 0 saturated heterocycles. The van der Waals surface area contributed by atoms with E-state index in [4.69, 9.17) is 14.2 Å². The van der Waals surface area contributed by atoms with Crippen LogP contribution in [0.25, 0.3) is 0 Å². The second-order valence-corrected chi connectivity index (χ2v) is 5.67. The van der Waals surface area contributed by atoms with E-state index in [0.29, 0.717) is 40.1 Å². The van der Waals surface area contributed by atoms with Crippen molar-refractivity contribution in [3.8, 4) is 17.2 Å². The summed E-state index contributed by atoms with van der Waals surface area (Å²) in [4.78, 5) is 20.8. The first-order chi connectivity index (χ1) is 13.6. The van der Waals surface area contributed by atoms with Crippen LogP contribution in [0.2, 0.25) is 0 Å². The summed E-state index contributed by atoms with van der Waals surface area (Å²) >= 11 is 0. The Balaban J connectivity index is 1.72. The van der Waals surface area contributed by atoms with Crippen molar-refractivity contribution in [3.63, 3.8) is 0 Å². The van der Waals surface area contributed by atoms with Crippen molar-refractivity contribution in [2.24, 2.45) is 0 Å². The van der Waals surface area contributed by atoms with Crippen molar-refractivity contribution in [1.82, 2.24) is 9.97 Å². The van der Waals surface area contributed by atoms with E-state index in [2.05, 4.69) is 20.6 Å². The van der Waals surface area contributed by atoms with Crippen LogP contribution in [0.3, 0.4) is 0 Å². The molecule has 0 aliphatic carbocycles. The molecule has 0 fully saturated rings. The van der Waals surface area contributed by atoms with Crippen LogP contribution in [-0.2, 0) is 0 Å². The van der Waals surface area contributed by atoms with Crippen molar-refractivity contribution in [1.29, 1.82) is 0 Å². The molecule has 0 aliphatic heterocycles. The molecule has 8 heteroatoms. The number of rotatable bonds is 7. The summed E-state index contributed by atoms with van der Waals surface area (Å²) < 4.78 is 15.7. The lowest BCUT2D eigenvalue weighted by atomic mass is 10.2. The molecule has 0 aliphatic rings. The van der Waals surface area contributed by atoms with Gasteiger partial charge in [0.25, 0.3) is 5.91 Å². The number of hydrogen-bond acceptors (Lipinski definition) is 7. The largest absolute Gasteiger partial charge is 0.497 e. The SMILES string of the molecule is COc1cccc(NC(=O)c2cnc(Nc3cc(OC)ccc3OC)nc2)c1. The molecule has 2 N–H and O–H groups in total. The number of carbonyl (C=O) groups is 1. The van der Waals surface area contributed by atoms with Crippen molar-refractivity contribution in [2.45, 2.75) is 0 Å². The maximum atomic E-state index is 12.4. The predicted molar refractivity (Wildman–Crippen MR) is 106 cm³/mol. The Morgan fingerprint density at radius 1 is 0.893 bits per heavy atom. The summed E-state index contributed by atoms with van der Waals surface area (Å²) in [6.07, 6.45) is 2.88. The van der Waals surface area contributed by atoms with E-state index in [0.717, 1.165) is 0 Å². The Bertz CT molecular complexity index is 961. The number of nitrogens with zero attached hydrogens (tertiary/aromatic N) is 2. The Labute approximate surface area is 162 Å². The number of amides is 1. The molecule has 1 heterocycles. The highest BCUT2D eigenvalue weighted by Gasteiger charge is 2.10. The van der Waals surface area contributed by atoms with Gasteiger partial charge in [-0.1, -0.05) is 6.07 Å². The molecule has 144 valence electrons. The van der Waals surface area contributed by atoms with Crippen LogP contribution in [0.5, 0.6) is 17.2 Å². The molecule has 0 spiro atoms. The van der Waals surface area contributed by atoms with E-state index in [1.54, 1.807) is 63.8 Å². The minimum absolute atomic E-state index is 0.321. The molecule has 0 unspecified atom stereocenters. The smallest absolute Gasteiger partial charge is 0.258 e. The number of aromatic nitrogens is 2. The molecule has 3 aromatic rings. The van der Waals surface area contributed by atoms with Gasteiger partial charge in [0.1, 0.15) is 17.2 Å². The quantitative estimate of drug-likeness (QED) is 0.648. The monoisotopic (exact) mass is 380 g/mol. The Morgan fingerprint density at radius 2 is 1.61 bits per heavy atom. The highest BCUT2D eigenvalue weighted by atomic mass is 16.5. The van der Waals surface area contributed by atoms with Crippen molar-refractivity contribution in [3.05, 3.63) is 60.4 Å². The molecule has 0 atom stereocenters. The summed E-state index contributed by atoms with van der Waals surface area (Å²) in [6.45, 7) is 0. The minimum Gasteiger partial charge on any atom is -0.497 e. The van der Waals surface area contributed by atoms with Gasteiger partial charge in [0.15, 0.2) is 0 Å². The second kappa shape index (κ2) is 8.72. The van der Waals surface area contributed by atoms with E-state index < -0.39 is 0 Å². The zero-order valence-corrected chi connectivity index (χ0v) is 15.7. The van der Waals surface area contributed by atoms with E-state index in [9.17, 15) is 4.79 Å². The van der Waals surface area contributed by atoms with Gasteiger partial charge in [-0.15, -0.1) is 0 Å². The molecule has 1 aromatic heterocycles. The molecule has 2 aromatic carbocycles. The summed E-state index contributed by atoms with van der Waals surface area (Å²) in [5.74, 6) is 1.94. The zero-order chi connectivity index (χ0) is 19.9. The third kappa shape index (κ3) is 4.47. The van der Waals surface area contributed by atoms with Gasteiger partial charge >= 0.3 is 0 Å². The zero-order valence-electron chi connectivity index (χ0n) is 15.7. The molecule has 0 saturated carbocycles. The van der Waals surface area contributed by atoms with Crippen LogP contribution in [-0.4, -0.2) is 37.2 Å². The predicted octanol–water partition coefficient (Wildman–Crippen LogP) is 3.50. The molecule has 1 amide bonds. The van der Waals surface area contributed by atoms with Crippen LogP contribution < -0.4 is 24.8 Å². The maximum absolute atomic E-state index is 12.4. The summed E-state index contributed by atoms with van der Waals surface area (Å²) in [6, 6.07) is 12.4. The van der Waals surface area contributed by atoms with E-state index in [-0.39, 0.29) is 5.91 Å². The third-order valence-electron chi connectivity index (χ3n) is 3.89. The topological polar surface area (TPSA) is 94.6 Å². The molecule has 8 nitrogen and oxygen atoms in total. The fraction of sp³-hybridized carbons (Fsp3) is 0.150. The Morgan fingerprint density at radius 3 is 2.29 bits per heavy atom. The lowest BCUT2D eigenvalue weighted by molar-refractivity contribution is 0.102. The highest BCUT2D eigenvalue weighted by Crippen LogP contribution is 2.30. The van der Waals surface area contributed by atoms with E-state index in [1.165, 1.54) is 12.4 Å². The molecule has 28 heavy (non-hydrogen) atoms. The van der Waals surface area contributed by atoms with Crippen molar-refractivity contribution >= 4 is 23.2 Å². The lowest BCUT2D eigenvalue weighted by Gasteiger charge is -2.12. The van der Waals surface area contributed by atoms with Crippen LogP contribution in [0.4, 0.5) is 17.3 Å². The normalized spacial score (nSPS) is 10.1. The fourth-order valence-electron chi connectivity index (χ4n) is 2.45. The average Bonchev–Trinajstić information content (AvgIpc) is 2.74. The standard InChI is InChI=1S/C20H20N4O4/c1-26-15-6-4-5-14(9-15)23-19(25)13-11-21-20(22-12-13)24-17-10-16(27-2)7-8-18(17)28-3/h4-12H,1-3H3,(H,23,25)(H,21,22,24). The van der Waals surface area contributed by atoms with Gasteiger partial charge in [0, 0.05) is 30.2 Å². The average molecular weight is 380 g/mol. The minimum atomic E-state index is -0.321. The van der Waals surface area contributed by atoms with Gasteiger partial charge in [-0.05, 0) is 24.3 Å². The molecular formula is C20H20N4O4. The fourth-order valence-corrected chi connectivity index (χ4v) is 2.45. The lowest BCUT2D eigenvalue weighted by Crippen LogP contribution is -2.13. The van der Waals surface area contributed by atoms with Crippen molar-refractivity contribution in [2.75, 3.05) is 32.0 Å². The second-order valence-electron chi connectivity index (χ2n) is 5.67. The summed E-state index contributed by atoms with van der Waals surface area (Å²) in [5.41, 5.74) is 1.59. The van der Waals surface area contributed by atoms with Crippen LogP contribution in [0.1, 0.15) is 10.4 Å². The third-order valence-corrected chi connectivity index (χ3v) is 3.89. The first-order valence-electron chi connectivity index (χ1n) is 8.39. The maximum Gasteiger partial charge on any atom is 0.258 e. The van der Waals surface area contributed by atoms with E-state index in [1.807, 2.05) is 0 Å².